The number of hydrogen-bond donors (Lipinski definition) is 5. The molecule has 0 spiro atoms. The van der Waals surface area contributed by atoms with Crippen LogP contribution in [0.5, 0.6) is 0 Å². The van der Waals surface area contributed by atoms with Crippen LogP contribution in [-0.4, -0.2) is 96.7 Å². The molecule has 4 atom stereocenters. The molecular weight excluding hydrogens is 1420 g/mol. The third kappa shape index (κ3) is 13.7. The predicted octanol–water partition coefficient (Wildman–Crippen LogP) is 9.98. The van der Waals surface area contributed by atoms with Crippen LogP contribution in [0.25, 0.3) is 0 Å². The van der Waals surface area contributed by atoms with E-state index in [2.05, 4.69) is 45.2 Å². The molecule has 16 nitrogen and oxygen atoms in total. The first-order valence-electron chi connectivity index (χ1n) is 21.6. The Morgan fingerprint density at radius 3 is 1.88 bits per heavy atom. The van der Waals surface area contributed by atoms with E-state index in [4.69, 9.17) is 0 Å². The van der Waals surface area contributed by atoms with Gasteiger partial charge in [-0.15, -0.1) is 0 Å². The number of allylic oxidation sites excluding steroid dienone is 8. The standard InChI is InChI=1S/C44H56I4N2O14S4/c1-6-8-18-29(42(51)52)44(5)35(50(36(21-9-7-2)67(59,60)61)33-27-31(46)41(68(62,63)64)40(48)38(33)44)20-14-12-10-11-13-19-34-43(4,22-15-16-24-65(53,54)55)37-28(3)39(47)30(45)26-32(37)49(34)23-17-25-66(56,57)58/h10-14,19-20,26-27,29,36H,6-9,15-18,21-25H2,1-5H3,(H4-,51,52,53,54,55,56,57,58,59,60,61,62,63,64)/p+1. The monoisotopic (exact) mass is 1470 g/mol. The van der Waals surface area contributed by atoms with Crippen molar-refractivity contribution in [3.05, 3.63) is 91.3 Å². The van der Waals surface area contributed by atoms with Crippen molar-refractivity contribution in [1.29, 1.82) is 0 Å². The zero-order chi connectivity index (χ0) is 51.4. The number of carboxylic acid groups (broad SMARTS) is 1. The van der Waals surface area contributed by atoms with Crippen molar-refractivity contribution in [3.8, 4) is 0 Å². The maximum Gasteiger partial charge on any atom is 0.307 e. The molecule has 2 aromatic carbocycles. The van der Waals surface area contributed by atoms with Crippen molar-refractivity contribution in [2.45, 2.75) is 120 Å². The van der Waals surface area contributed by atoms with Gasteiger partial charge in [-0.25, -0.2) is 0 Å². The molecule has 2 heterocycles. The number of aliphatic carboxylic acids is 1. The Bertz CT molecular complexity index is 2900. The number of hydrogen-bond acceptors (Lipinski definition) is 10. The normalized spacial score (nSPS) is 20.7. The molecule has 0 amide bonds. The zero-order valence-corrected chi connectivity index (χ0v) is 49.9. The van der Waals surface area contributed by atoms with E-state index in [1.54, 1.807) is 88.6 Å². The van der Waals surface area contributed by atoms with Gasteiger partial charge < -0.3 is 10.0 Å². The number of unbranched alkanes of at least 4 members (excludes halogenated alkanes) is 3. The van der Waals surface area contributed by atoms with Gasteiger partial charge in [0.05, 0.1) is 22.8 Å². The van der Waals surface area contributed by atoms with Crippen LogP contribution >= 0.6 is 90.4 Å². The molecule has 0 radical (unpaired) electrons. The Morgan fingerprint density at radius 2 is 1.32 bits per heavy atom. The van der Waals surface area contributed by atoms with E-state index in [9.17, 15) is 61.8 Å². The van der Waals surface area contributed by atoms with Crippen molar-refractivity contribution in [2.75, 3.05) is 23.0 Å². The van der Waals surface area contributed by atoms with Gasteiger partial charge >= 0.3 is 5.97 Å². The fraction of sp³-hybridized carbons (Fsp3) is 0.500. The molecule has 68 heavy (non-hydrogen) atoms. The summed E-state index contributed by atoms with van der Waals surface area (Å²) >= 11 is 8.00. The van der Waals surface area contributed by atoms with Crippen LogP contribution < -0.4 is 4.90 Å². The Morgan fingerprint density at radius 1 is 0.750 bits per heavy atom. The summed E-state index contributed by atoms with van der Waals surface area (Å²) in [6.07, 6.45) is 15.1. The Labute approximate surface area is 455 Å². The second-order valence-corrected chi connectivity index (χ2v) is 27.8. The van der Waals surface area contributed by atoms with Crippen LogP contribution in [0.2, 0.25) is 0 Å². The molecule has 0 saturated carbocycles. The maximum absolute atomic E-state index is 13.3. The van der Waals surface area contributed by atoms with Crippen molar-refractivity contribution in [2.24, 2.45) is 5.92 Å². The highest BCUT2D eigenvalue weighted by molar-refractivity contribution is 14.1. The van der Waals surface area contributed by atoms with Crippen molar-refractivity contribution < 1.29 is 66.4 Å². The highest BCUT2D eigenvalue weighted by Crippen LogP contribution is 2.58. The molecule has 2 aliphatic heterocycles. The number of nitrogens with zero attached hydrogens (tertiary/aromatic N) is 2. The number of anilines is 1. The Hall–Kier alpha value is -1.10. The van der Waals surface area contributed by atoms with Gasteiger partial charge in [0.15, 0.2) is 11.1 Å². The van der Waals surface area contributed by atoms with E-state index < -0.39 is 85.0 Å². The van der Waals surface area contributed by atoms with Gasteiger partial charge in [0, 0.05) is 60.8 Å². The molecule has 4 unspecified atom stereocenters. The lowest BCUT2D eigenvalue weighted by atomic mass is 9.69. The van der Waals surface area contributed by atoms with Gasteiger partial charge in [-0.2, -0.15) is 38.2 Å². The van der Waals surface area contributed by atoms with Crippen LogP contribution in [0.4, 0.5) is 11.4 Å². The lowest BCUT2D eigenvalue weighted by molar-refractivity contribution is -0.437. The van der Waals surface area contributed by atoms with Gasteiger partial charge in [0.1, 0.15) is 11.4 Å². The van der Waals surface area contributed by atoms with Crippen molar-refractivity contribution >= 4 is 154 Å². The first-order chi connectivity index (χ1) is 31.4. The molecule has 2 aromatic rings. The van der Waals surface area contributed by atoms with Crippen molar-refractivity contribution in [3.63, 3.8) is 0 Å². The fourth-order valence-electron chi connectivity index (χ4n) is 9.41. The largest absolute Gasteiger partial charge is 0.481 e. The quantitative estimate of drug-likeness (QED) is 0.0215. The second-order valence-electron chi connectivity index (χ2n) is 17.2. The Balaban J connectivity index is 1.93. The lowest BCUT2D eigenvalue weighted by Gasteiger charge is -2.37. The number of carbonyl (C=O) groups is 1. The SMILES string of the molecule is CCCCC(C(=O)O)C1(C)/C(=C/C=C/C=C/C=C/C2=[N+](CCCS(=O)(=O)O)c3cc(I)c(I)c(C)c3C2(C)CCCCS(=O)(=O)O)N(C(CCCC)S(=O)(=O)O)c2cc(I)c(S(=O)(=O)O)c(I)c21. The molecular formula is C44H57I4N2O14S4+. The molecule has 378 valence electrons. The van der Waals surface area contributed by atoms with E-state index >= 15 is 0 Å². The van der Waals surface area contributed by atoms with Crippen LogP contribution in [0.1, 0.15) is 109 Å². The third-order valence-electron chi connectivity index (χ3n) is 12.5. The average Bonchev–Trinajstić information content (AvgIpc) is 3.57. The molecule has 0 aromatic heterocycles. The van der Waals surface area contributed by atoms with Gasteiger partial charge in [-0.3, -0.25) is 23.0 Å². The summed E-state index contributed by atoms with van der Waals surface area (Å²) < 4.78 is 143. The van der Waals surface area contributed by atoms with Crippen LogP contribution in [0.15, 0.2) is 65.3 Å². The van der Waals surface area contributed by atoms with E-state index in [0.717, 1.165) is 29.7 Å². The predicted molar refractivity (Wildman–Crippen MR) is 298 cm³/mol. The zero-order valence-electron chi connectivity index (χ0n) is 38.0. The molecule has 0 bridgehead atoms. The number of benzene rings is 2. The maximum atomic E-state index is 13.3. The average molecular weight is 1470 g/mol. The minimum Gasteiger partial charge on any atom is -0.481 e. The molecule has 24 heteroatoms. The molecule has 0 aliphatic carbocycles. The molecule has 5 N–H and O–H groups in total. The second kappa shape index (κ2) is 23.8. The number of rotatable bonds is 24. The number of carboxylic acids is 1. The molecule has 4 rings (SSSR count). The van der Waals surface area contributed by atoms with Gasteiger partial charge in [0.2, 0.25) is 5.69 Å². The Kier molecular flexibility index (Phi) is 20.8. The summed E-state index contributed by atoms with van der Waals surface area (Å²) in [6.45, 7) is 9.60. The van der Waals surface area contributed by atoms with Gasteiger partial charge in [-0.1, -0.05) is 76.3 Å². The van der Waals surface area contributed by atoms with Gasteiger partial charge in [0.25, 0.3) is 40.5 Å². The van der Waals surface area contributed by atoms with E-state index in [1.165, 1.54) is 11.0 Å². The summed E-state index contributed by atoms with van der Waals surface area (Å²) in [6, 6.07) is 3.41. The van der Waals surface area contributed by atoms with Crippen molar-refractivity contribution in [1.82, 2.24) is 0 Å². The van der Waals surface area contributed by atoms with E-state index in [0.29, 0.717) is 38.5 Å². The molecule has 2 aliphatic rings. The first kappa shape index (κ1) is 59.5. The topological polar surface area (TPSA) is 261 Å². The minimum absolute atomic E-state index is 0.0212. The third-order valence-corrected chi connectivity index (χ3v) is 22.1. The summed E-state index contributed by atoms with van der Waals surface area (Å²) in [7, 11) is -18.2. The highest BCUT2D eigenvalue weighted by atomic mass is 127. The summed E-state index contributed by atoms with van der Waals surface area (Å²) in [4.78, 5) is 14.3. The highest BCUT2D eigenvalue weighted by Gasteiger charge is 2.56. The number of halogens is 4. The lowest BCUT2D eigenvalue weighted by Crippen LogP contribution is -2.45. The van der Waals surface area contributed by atoms with Crippen LogP contribution in [0.3, 0.4) is 0 Å². The fourth-order valence-corrected chi connectivity index (χ4v) is 17.1. The van der Waals surface area contributed by atoms with E-state index in [1.807, 2.05) is 44.4 Å². The smallest absolute Gasteiger partial charge is 0.307 e. The summed E-state index contributed by atoms with van der Waals surface area (Å²) in [5, 5.41) is 9.27. The van der Waals surface area contributed by atoms with E-state index in [-0.39, 0.29) is 56.3 Å². The van der Waals surface area contributed by atoms with Gasteiger partial charge in [-0.05, 0) is 155 Å². The van der Waals surface area contributed by atoms with Crippen LogP contribution in [-0.2, 0) is 56.1 Å². The molecule has 0 saturated heterocycles. The molecule has 0 fully saturated rings. The summed E-state index contributed by atoms with van der Waals surface area (Å²) in [5.74, 6) is -3.31. The summed E-state index contributed by atoms with van der Waals surface area (Å²) in [5.41, 5.74) is 1.86. The minimum atomic E-state index is -4.86. The van der Waals surface area contributed by atoms with Crippen LogP contribution in [0, 0.1) is 27.1 Å². The number of fused-ring (bicyclic) bond motifs is 2. The first-order valence-corrected chi connectivity index (χ1v) is 32.1.